The maximum Gasteiger partial charge on any atom is 0.147 e. The van der Waals surface area contributed by atoms with Gasteiger partial charge in [0.25, 0.3) is 0 Å². The van der Waals surface area contributed by atoms with Gasteiger partial charge in [0, 0.05) is 15.8 Å². The molecule has 1 N–H and O–H groups in total. The van der Waals surface area contributed by atoms with Crippen LogP contribution in [0.2, 0.25) is 5.02 Å². The molecule has 0 aliphatic heterocycles. The number of sulfone groups is 1. The van der Waals surface area contributed by atoms with E-state index < -0.39 is 15.9 Å². The van der Waals surface area contributed by atoms with Crippen molar-refractivity contribution in [3.05, 3.63) is 33.3 Å². The maximum absolute atomic E-state index is 11.0. The Labute approximate surface area is 108 Å². The Morgan fingerprint density at radius 1 is 1.50 bits per heavy atom. The van der Waals surface area contributed by atoms with E-state index in [-0.39, 0.29) is 12.2 Å². The van der Waals surface area contributed by atoms with Gasteiger partial charge in [0.05, 0.1) is 11.9 Å². The summed E-state index contributed by atoms with van der Waals surface area (Å²) in [6.07, 6.45) is 0.525. The van der Waals surface area contributed by atoms with Crippen LogP contribution in [0.1, 0.15) is 18.1 Å². The smallest absolute Gasteiger partial charge is 0.147 e. The van der Waals surface area contributed by atoms with Gasteiger partial charge in [-0.2, -0.15) is 0 Å². The number of halogens is 2. The molecule has 0 bridgehead atoms. The van der Waals surface area contributed by atoms with Crippen LogP contribution in [0.15, 0.2) is 22.7 Å². The van der Waals surface area contributed by atoms with Crippen molar-refractivity contribution < 1.29 is 13.5 Å². The summed E-state index contributed by atoms with van der Waals surface area (Å²) in [4.78, 5) is 0. The molecular formula is C10H12BrClO3S. The third-order valence-corrected chi connectivity index (χ3v) is 3.98. The second-order valence-corrected chi connectivity index (χ2v) is 7.15. The summed E-state index contributed by atoms with van der Waals surface area (Å²) in [6.45, 7) is 0. The Balaban J connectivity index is 2.77. The molecule has 0 saturated heterocycles. The molecule has 1 atom stereocenters. The number of hydrogen-bond donors (Lipinski definition) is 1. The SMILES string of the molecule is CS(=O)(=O)CCC(O)c1ccc(Cl)cc1Br. The molecule has 0 aliphatic rings. The van der Waals surface area contributed by atoms with E-state index in [4.69, 9.17) is 11.6 Å². The highest BCUT2D eigenvalue weighted by molar-refractivity contribution is 9.10. The van der Waals surface area contributed by atoms with Crippen LogP contribution in [0, 0.1) is 0 Å². The summed E-state index contributed by atoms with van der Waals surface area (Å²) >= 11 is 9.04. The normalized spacial score (nSPS) is 13.8. The molecule has 1 aromatic carbocycles. The van der Waals surface area contributed by atoms with Crippen molar-refractivity contribution >= 4 is 37.4 Å². The summed E-state index contributed by atoms with van der Waals surface area (Å²) in [7, 11) is -3.05. The topological polar surface area (TPSA) is 54.4 Å². The quantitative estimate of drug-likeness (QED) is 0.924. The molecule has 90 valence electrons. The molecular weight excluding hydrogens is 316 g/mol. The number of aliphatic hydroxyl groups excluding tert-OH is 1. The van der Waals surface area contributed by atoms with E-state index in [1.54, 1.807) is 18.2 Å². The second-order valence-electron chi connectivity index (χ2n) is 3.60. The number of aliphatic hydroxyl groups is 1. The molecule has 0 aromatic heterocycles. The first kappa shape index (κ1) is 14.0. The van der Waals surface area contributed by atoms with E-state index in [0.29, 0.717) is 15.1 Å². The Kier molecular flexibility index (Phi) is 4.79. The van der Waals surface area contributed by atoms with Crippen LogP contribution in [-0.2, 0) is 9.84 Å². The minimum Gasteiger partial charge on any atom is -0.388 e. The van der Waals surface area contributed by atoms with Gasteiger partial charge in [0.15, 0.2) is 0 Å². The summed E-state index contributed by atoms with van der Waals surface area (Å²) in [5, 5.41) is 10.4. The largest absolute Gasteiger partial charge is 0.388 e. The van der Waals surface area contributed by atoms with Crippen molar-refractivity contribution in [3.8, 4) is 0 Å². The highest BCUT2D eigenvalue weighted by Crippen LogP contribution is 2.28. The molecule has 6 heteroatoms. The molecule has 0 spiro atoms. The Morgan fingerprint density at radius 2 is 2.12 bits per heavy atom. The van der Waals surface area contributed by atoms with E-state index in [0.717, 1.165) is 6.26 Å². The van der Waals surface area contributed by atoms with Crippen molar-refractivity contribution in [3.63, 3.8) is 0 Å². The predicted molar refractivity (Wildman–Crippen MR) is 68.4 cm³/mol. The minimum atomic E-state index is -3.05. The number of rotatable bonds is 4. The van der Waals surface area contributed by atoms with Gasteiger partial charge < -0.3 is 5.11 Å². The lowest BCUT2D eigenvalue weighted by Gasteiger charge is -2.12. The van der Waals surface area contributed by atoms with Crippen molar-refractivity contribution in [2.24, 2.45) is 0 Å². The van der Waals surface area contributed by atoms with Gasteiger partial charge in [0.1, 0.15) is 9.84 Å². The average molecular weight is 328 g/mol. The van der Waals surface area contributed by atoms with E-state index >= 15 is 0 Å². The zero-order valence-electron chi connectivity index (χ0n) is 8.65. The van der Waals surface area contributed by atoms with Crippen molar-refractivity contribution in [2.75, 3.05) is 12.0 Å². The van der Waals surface area contributed by atoms with Crippen LogP contribution >= 0.6 is 27.5 Å². The van der Waals surface area contributed by atoms with Crippen LogP contribution in [0.5, 0.6) is 0 Å². The lowest BCUT2D eigenvalue weighted by atomic mass is 10.1. The average Bonchev–Trinajstić information content (AvgIpc) is 2.13. The molecule has 0 fully saturated rings. The van der Waals surface area contributed by atoms with Gasteiger partial charge in [-0.25, -0.2) is 8.42 Å². The molecule has 0 aliphatic carbocycles. The molecule has 3 nitrogen and oxygen atoms in total. The van der Waals surface area contributed by atoms with Gasteiger partial charge in [0.2, 0.25) is 0 Å². The van der Waals surface area contributed by atoms with Gasteiger partial charge >= 0.3 is 0 Å². The maximum atomic E-state index is 11.0. The molecule has 1 aromatic rings. The molecule has 0 amide bonds. The third kappa shape index (κ3) is 4.41. The van der Waals surface area contributed by atoms with Crippen LogP contribution < -0.4 is 0 Å². The second kappa shape index (κ2) is 5.49. The highest BCUT2D eigenvalue weighted by atomic mass is 79.9. The fourth-order valence-electron chi connectivity index (χ4n) is 1.25. The number of hydrogen-bond acceptors (Lipinski definition) is 3. The summed E-state index contributed by atoms with van der Waals surface area (Å²) in [5.41, 5.74) is 0.646. The first-order valence-corrected chi connectivity index (χ1v) is 7.83. The Morgan fingerprint density at radius 3 is 2.62 bits per heavy atom. The first-order chi connectivity index (χ1) is 7.29. The van der Waals surface area contributed by atoms with E-state index in [1.807, 2.05) is 0 Å². The van der Waals surface area contributed by atoms with Gasteiger partial charge in [-0.3, -0.25) is 0 Å². The monoisotopic (exact) mass is 326 g/mol. The lowest BCUT2D eigenvalue weighted by Crippen LogP contribution is -2.08. The van der Waals surface area contributed by atoms with Crippen LogP contribution in [0.4, 0.5) is 0 Å². The van der Waals surface area contributed by atoms with Crippen LogP contribution in [0.3, 0.4) is 0 Å². The highest BCUT2D eigenvalue weighted by Gasteiger charge is 2.14. The summed E-state index contributed by atoms with van der Waals surface area (Å²) < 4.78 is 22.6. The van der Waals surface area contributed by atoms with Crippen molar-refractivity contribution in [1.82, 2.24) is 0 Å². The van der Waals surface area contributed by atoms with Crippen molar-refractivity contribution in [1.29, 1.82) is 0 Å². The molecule has 0 radical (unpaired) electrons. The summed E-state index contributed by atoms with van der Waals surface area (Å²) in [5.74, 6) is -0.0385. The van der Waals surface area contributed by atoms with Crippen molar-refractivity contribution in [2.45, 2.75) is 12.5 Å². The van der Waals surface area contributed by atoms with E-state index in [1.165, 1.54) is 0 Å². The first-order valence-electron chi connectivity index (χ1n) is 4.60. The lowest BCUT2D eigenvalue weighted by molar-refractivity contribution is 0.173. The zero-order valence-corrected chi connectivity index (χ0v) is 11.8. The number of benzene rings is 1. The van der Waals surface area contributed by atoms with Gasteiger partial charge in [-0.15, -0.1) is 0 Å². The zero-order chi connectivity index (χ0) is 12.3. The van der Waals surface area contributed by atoms with Crippen LogP contribution in [0.25, 0.3) is 0 Å². The van der Waals surface area contributed by atoms with Gasteiger partial charge in [-0.05, 0) is 24.1 Å². The molecule has 0 heterocycles. The molecule has 16 heavy (non-hydrogen) atoms. The third-order valence-electron chi connectivity index (χ3n) is 2.08. The predicted octanol–water partition coefficient (Wildman–Crippen LogP) is 2.57. The molecule has 1 unspecified atom stereocenters. The Hall–Kier alpha value is -0.100. The van der Waals surface area contributed by atoms with E-state index in [2.05, 4.69) is 15.9 Å². The fraction of sp³-hybridized carbons (Fsp3) is 0.400. The summed E-state index contributed by atoms with van der Waals surface area (Å²) in [6, 6.07) is 5.01. The standard InChI is InChI=1S/C10H12BrClO3S/c1-16(14,15)5-4-10(13)8-3-2-7(12)6-9(8)11/h2-3,6,10,13H,4-5H2,1H3. The fourth-order valence-corrected chi connectivity index (χ4v) is 2.85. The van der Waals surface area contributed by atoms with Gasteiger partial charge in [-0.1, -0.05) is 33.6 Å². The molecule has 1 rings (SSSR count). The van der Waals surface area contributed by atoms with Crippen LogP contribution in [-0.4, -0.2) is 25.5 Å². The Bertz CT molecular complexity index is 473. The molecule has 0 saturated carbocycles. The van der Waals surface area contributed by atoms with E-state index in [9.17, 15) is 13.5 Å². The minimum absolute atomic E-state index is 0.0385.